The first-order valence-electron chi connectivity index (χ1n) is 7.31. The lowest BCUT2D eigenvalue weighted by atomic mass is 9.92. The number of carbonyl (C=O) groups excluding carboxylic acids is 1. The van der Waals surface area contributed by atoms with Gasteiger partial charge in [0.2, 0.25) is 0 Å². The third kappa shape index (κ3) is 2.82. The summed E-state index contributed by atoms with van der Waals surface area (Å²) in [6.07, 6.45) is 4.61. The SMILES string of the molecule is Cc1ncc2c(n1)CCC[C@@H]2NC(=O)c1cccc(C#N)c1. The molecule has 5 nitrogen and oxygen atoms in total. The van der Waals surface area contributed by atoms with E-state index >= 15 is 0 Å². The second-order valence-electron chi connectivity index (χ2n) is 5.43. The number of aromatic nitrogens is 2. The van der Waals surface area contributed by atoms with E-state index in [-0.39, 0.29) is 11.9 Å². The minimum atomic E-state index is -0.171. The number of amides is 1. The third-order valence-electron chi connectivity index (χ3n) is 3.86. The van der Waals surface area contributed by atoms with Crippen LogP contribution in [0.25, 0.3) is 0 Å². The maximum absolute atomic E-state index is 12.4. The van der Waals surface area contributed by atoms with Crippen LogP contribution < -0.4 is 5.32 Å². The largest absolute Gasteiger partial charge is 0.345 e. The van der Waals surface area contributed by atoms with Gasteiger partial charge >= 0.3 is 0 Å². The van der Waals surface area contributed by atoms with E-state index < -0.39 is 0 Å². The summed E-state index contributed by atoms with van der Waals surface area (Å²) in [5.41, 5.74) is 3.01. The molecule has 1 aromatic heterocycles. The van der Waals surface area contributed by atoms with Crippen LogP contribution >= 0.6 is 0 Å². The fourth-order valence-electron chi connectivity index (χ4n) is 2.77. The standard InChI is InChI=1S/C17H16N4O/c1-11-19-10-14-15(20-11)6-3-7-16(14)21-17(22)13-5-2-4-12(8-13)9-18/h2,4-5,8,10,16H,3,6-7H2,1H3,(H,21,22)/t16-/m0/s1. The zero-order chi connectivity index (χ0) is 15.5. The lowest BCUT2D eigenvalue weighted by molar-refractivity contribution is 0.0932. The molecule has 1 aliphatic rings. The molecule has 22 heavy (non-hydrogen) atoms. The molecule has 0 saturated heterocycles. The number of rotatable bonds is 2. The minimum Gasteiger partial charge on any atom is -0.345 e. The number of aryl methyl sites for hydroxylation is 2. The van der Waals surface area contributed by atoms with Gasteiger partial charge in [-0.25, -0.2) is 9.97 Å². The molecule has 3 rings (SSSR count). The van der Waals surface area contributed by atoms with Crippen molar-refractivity contribution in [1.82, 2.24) is 15.3 Å². The van der Waals surface area contributed by atoms with E-state index in [4.69, 9.17) is 5.26 Å². The number of nitrogens with one attached hydrogen (secondary N) is 1. The highest BCUT2D eigenvalue weighted by Crippen LogP contribution is 2.28. The Morgan fingerprint density at radius 1 is 1.45 bits per heavy atom. The third-order valence-corrected chi connectivity index (χ3v) is 3.86. The van der Waals surface area contributed by atoms with Gasteiger partial charge in [0.05, 0.1) is 17.7 Å². The molecule has 1 atom stereocenters. The van der Waals surface area contributed by atoms with Gasteiger partial charge in [-0.15, -0.1) is 0 Å². The Hall–Kier alpha value is -2.74. The molecule has 0 fully saturated rings. The van der Waals surface area contributed by atoms with Crippen LogP contribution in [0.1, 0.15) is 51.9 Å². The van der Waals surface area contributed by atoms with Gasteiger partial charge < -0.3 is 5.32 Å². The van der Waals surface area contributed by atoms with Gasteiger partial charge in [0.1, 0.15) is 5.82 Å². The molecule has 0 saturated carbocycles. The summed E-state index contributed by atoms with van der Waals surface area (Å²) >= 11 is 0. The highest BCUT2D eigenvalue weighted by Gasteiger charge is 2.23. The van der Waals surface area contributed by atoms with E-state index in [2.05, 4.69) is 15.3 Å². The van der Waals surface area contributed by atoms with Crippen molar-refractivity contribution in [1.29, 1.82) is 5.26 Å². The summed E-state index contributed by atoms with van der Waals surface area (Å²) in [6.45, 7) is 1.87. The maximum Gasteiger partial charge on any atom is 0.251 e. The molecule has 0 bridgehead atoms. The quantitative estimate of drug-likeness (QED) is 0.922. The highest BCUT2D eigenvalue weighted by molar-refractivity contribution is 5.94. The van der Waals surface area contributed by atoms with Gasteiger partial charge in [-0.05, 0) is 44.4 Å². The number of benzene rings is 1. The van der Waals surface area contributed by atoms with Gasteiger partial charge in [0.25, 0.3) is 5.91 Å². The van der Waals surface area contributed by atoms with Crippen LogP contribution in [-0.2, 0) is 6.42 Å². The van der Waals surface area contributed by atoms with E-state index in [1.54, 1.807) is 24.3 Å². The Bertz CT molecular complexity index is 763. The molecule has 1 aromatic carbocycles. The average molecular weight is 292 g/mol. The second kappa shape index (κ2) is 5.94. The highest BCUT2D eigenvalue weighted by atomic mass is 16.1. The molecule has 5 heteroatoms. The molecule has 0 radical (unpaired) electrons. The van der Waals surface area contributed by atoms with Gasteiger partial charge in [0.15, 0.2) is 0 Å². The van der Waals surface area contributed by atoms with Crippen molar-refractivity contribution in [3.05, 3.63) is 58.7 Å². The zero-order valence-corrected chi connectivity index (χ0v) is 12.3. The number of hydrogen-bond acceptors (Lipinski definition) is 4. The predicted molar refractivity (Wildman–Crippen MR) is 81.1 cm³/mol. The summed E-state index contributed by atoms with van der Waals surface area (Å²) in [4.78, 5) is 21.1. The minimum absolute atomic E-state index is 0.0670. The topological polar surface area (TPSA) is 78.7 Å². The number of hydrogen-bond donors (Lipinski definition) is 1. The molecule has 110 valence electrons. The first kappa shape index (κ1) is 14.2. The summed E-state index contributed by atoms with van der Waals surface area (Å²) < 4.78 is 0. The lowest BCUT2D eigenvalue weighted by Crippen LogP contribution is -2.31. The maximum atomic E-state index is 12.4. The second-order valence-corrected chi connectivity index (χ2v) is 5.43. The Labute approximate surface area is 129 Å². The Morgan fingerprint density at radius 2 is 2.32 bits per heavy atom. The smallest absolute Gasteiger partial charge is 0.251 e. The van der Waals surface area contributed by atoms with Crippen LogP contribution in [0.15, 0.2) is 30.5 Å². The van der Waals surface area contributed by atoms with Crippen molar-refractivity contribution in [3.63, 3.8) is 0 Å². The van der Waals surface area contributed by atoms with Crippen LogP contribution in [0.3, 0.4) is 0 Å². The summed E-state index contributed by atoms with van der Waals surface area (Å²) in [6, 6.07) is 8.70. The molecular formula is C17H16N4O. The molecule has 1 amide bonds. The van der Waals surface area contributed by atoms with Crippen molar-refractivity contribution in [2.75, 3.05) is 0 Å². The summed E-state index contributed by atoms with van der Waals surface area (Å²) in [5.74, 6) is 0.586. The Morgan fingerprint density at radius 3 is 3.14 bits per heavy atom. The van der Waals surface area contributed by atoms with Crippen molar-refractivity contribution < 1.29 is 4.79 Å². The van der Waals surface area contributed by atoms with Crippen molar-refractivity contribution in [3.8, 4) is 6.07 Å². The molecule has 1 heterocycles. The van der Waals surface area contributed by atoms with Crippen LogP contribution in [0.2, 0.25) is 0 Å². The van der Waals surface area contributed by atoms with Crippen LogP contribution in [0, 0.1) is 18.3 Å². The van der Waals surface area contributed by atoms with Crippen LogP contribution in [-0.4, -0.2) is 15.9 Å². The van der Waals surface area contributed by atoms with Gasteiger partial charge in [0, 0.05) is 23.0 Å². The summed E-state index contributed by atoms with van der Waals surface area (Å²) in [5, 5.41) is 12.0. The fourth-order valence-corrected chi connectivity index (χ4v) is 2.77. The van der Waals surface area contributed by atoms with Gasteiger partial charge in [-0.3, -0.25) is 4.79 Å². The van der Waals surface area contributed by atoms with E-state index in [0.29, 0.717) is 11.1 Å². The van der Waals surface area contributed by atoms with Crippen LogP contribution in [0.4, 0.5) is 0 Å². The van der Waals surface area contributed by atoms with Gasteiger partial charge in [-0.2, -0.15) is 5.26 Å². The van der Waals surface area contributed by atoms with Gasteiger partial charge in [-0.1, -0.05) is 6.07 Å². The van der Waals surface area contributed by atoms with E-state index in [9.17, 15) is 4.79 Å². The lowest BCUT2D eigenvalue weighted by Gasteiger charge is -2.25. The average Bonchev–Trinajstić information content (AvgIpc) is 2.54. The fraction of sp³-hybridized carbons (Fsp3) is 0.294. The van der Waals surface area contributed by atoms with Crippen molar-refractivity contribution in [2.45, 2.75) is 32.2 Å². The molecule has 0 spiro atoms. The van der Waals surface area contributed by atoms with E-state index in [1.165, 1.54) is 0 Å². The predicted octanol–water partition coefficient (Wildman–Crippen LogP) is 2.46. The van der Waals surface area contributed by atoms with Crippen LogP contribution in [0.5, 0.6) is 0 Å². The molecular weight excluding hydrogens is 276 g/mol. The Kier molecular flexibility index (Phi) is 3.84. The van der Waals surface area contributed by atoms with E-state index in [0.717, 1.165) is 36.3 Å². The number of carbonyl (C=O) groups is 1. The first-order valence-corrected chi connectivity index (χ1v) is 7.31. The first-order chi connectivity index (χ1) is 10.7. The molecule has 0 aliphatic heterocycles. The number of fused-ring (bicyclic) bond motifs is 1. The molecule has 0 unspecified atom stereocenters. The summed E-state index contributed by atoms with van der Waals surface area (Å²) in [7, 11) is 0. The number of nitrogens with zero attached hydrogens (tertiary/aromatic N) is 3. The zero-order valence-electron chi connectivity index (χ0n) is 12.3. The molecule has 1 N–H and O–H groups in total. The van der Waals surface area contributed by atoms with Crippen molar-refractivity contribution >= 4 is 5.91 Å². The molecule has 1 aliphatic carbocycles. The number of nitriles is 1. The monoisotopic (exact) mass is 292 g/mol. The van der Waals surface area contributed by atoms with E-state index in [1.807, 2.05) is 19.2 Å². The molecule has 2 aromatic rings. The Balaban J connectivity index is 1.82. The normalized spacial score (nSPS) is 16.5. The van der Waals surface area contributed by atoms with Crippen molar-refractivity contribution in [2.24, 2.45) is 0 Å².